The lowest BCUT2D eigenvalue weighted by Crippen LogP contribution is -1.97. The van der Waals surface area contributed by atoms with E-state index in [4.69, 9.17) is 9.97 Å². The van der Waals surface area contributed by atoms with Crippen LogP contribution in [0.2, 0.25) is 0 Å². The summed E-state index contributed by atoms with van der Waals surface area (Å²) in [6.07, 6.45) is 0. The molecule has 7 aromatic carbocycles. The Labute approximate surface area is 268 Å². The summed E-state index contributed by atoms with van der Waals surface area (Å²) in [7, 11) is 0. The van der Waals surface area contributed by atoms with Crippen LogP contribution in [-0.2, 0) is 0 Å². The Morgan fingerprint density at radius 3 is 1.93 bits per heavy atom. The molecule has 0 unspecified atom stereocenters. The van der Waals surface area contributed by atoms with Crippen molar-refractivity contribution in [3.05, 3.63) is 152 Å². The number of nitrogens with zero attached hydrogens (tertiary/aromatic N) is 3. The van der Waals surface area contributed by atoms with Crippen molar-refractivity contribution < 1.29 is 0 Å². The summed E-state index contributed by atoms with van der Waals surface area (Å²) in [5.74, 6) is 0. The summed E-state index contributed by atoms with van der Waals surface area (Å²) in [5, 5.41) is 7.51. The highest BCUT2D eigenvalue weighted by molar-refractivity contribution is 7.25. The van der Waals surface area contributed by atoms with Crippen LogP contribution in [0.3, 0.4) is 0 Å². The third kappa shape index (κ3) is 3.77. The Morgan fingerprint density at radius 1 is 0.457 bits per heavy atom. The van der Waals surface area contributed by atoms with Crippen LogP contribution < -0.4 is 0 Å². The summed E-state index contributed by atoms with van der Waals surface area (Å²) in [5.41, 5.74) is 9.25. The molecule has 3 aromatic heterocycles. The van der Waals surface area contributed by atoms with Crippen molar-refractivity contribution in [3.8, 4) is 28.2 Å². The van der Waals surface area contributed by atoms with Gasteiger partial charge in [-0.25, -0.2) is 9.97 Å². The van der Waals surface area contributed by atoms with Crippen LogP contribution in [0.5, 0.6) is 0 Å². The Balaban J connectivity index is 1.20. The van der Waals surface area contributed by atoms with Gasteiger partial charge in [-0.2, -0.15) is 0 Å². The van der Waals surface area contributed by atoms with E-state index in [-0.39, 0.29) is 0 Å². The first-order chi connectivity index (χ1) is 22.8. The number of hydrogen-bond donors (Lipinski definition) is 0. The minimum Gasteiger partial charge on any atom is -0.309 e. The van der Waals surface area contributed by atoms with Crippen molar-refractivity contribution in [2.24, 2.45) is 0 Å². The molecule has 0 radical (unpaired) electrons. The molecule has 0 saturated carbocycles. The largest absolute Gasteiger partial charge is 0.309 e. The average Bonchev–Trinajstić information content (AvgIpc) is 3.66. The minimum absolute atomic E-state index is 0.890. The van der Waals surface area contributed by atoms with E-state index in [1.165, 1.54) is 52.8 Å². The van der Waals surface area contributed by atoms with E-state index in [9.17, 15) is 0 Å². The molecule has 0 saturated heterocycles. The maximum absolute atomic E-state index is 5.28. The maximum Gasteiger partial charge on any atom is 0.0979 e. The highest BCUT2D eigenvalue weighted by Gasteiger charge is 2.19. The number of benzene rings is 7. The van der Waals surface area contributed by atoms with Gasteiger partial charge in [-0.1, -0.05) is 97.1 Å². The SMILES string of the molecule is c1ccc2cc3c(cc2c1)c1ccccc1n3-c1ccc(-c2nc3ccccc3nc2-c2cccc3sc4ccccc4c23)cc1. The van der Waals surface area contributed by atoms with Crippen LogP contribution in [0.1, 0.15) is 0 Å². The van der Waals surface area contributed by atoms with Crippen molar-refractivity contribution in [2.45, 2.75) is 0 Å². The molecular formula is C42H25N3S. The topological polar surface area (TPSA) is 30.7 Å². The predicted molar refractivity (Wildman–Crippen MR) is 195 cm³/mol. The molecule has 10 rings (SSSR count). The lowest BCUT2D eigenvalue weighted by atomic mass is 9.99. The highest BCUT2D eigenvalue weighted by Crippen LogP contribution is 2.42. The van der Waals surface area contributed by atoms with E-state index in [0.717, 1.165) is 39.2 Å². The van der Waals surface area contributed by atoms with Crippen LogP contribution in [0.15, 0.2) is 152 Å². The van der Waals surface area contributed by atoms with Crippen molar-refractivity contribution in [2.75, 3.05) is 0 Å². The van der Waals surface area contributed by atoms with Crippen LogP contribution in [0.25, 0.3) is 92.0 Å². The van der Waals surface area contributed by atoms with Gasteiger partial charge in [0.1, 0.15) is 0 Å². The van der Waals surface area contributed by atoms with Gasteiger partial charge in [-0.3, -0.25) is 0 Å². The number of thiophene rings is 1. The van der Waals surface area contributed by atoms with Gasteiger partial charge in [-0.05, 0) is 65.4 Å². The summed E-state index contributed by atoms with van der Waals surface area (Å²) in [4.78, 5) is 10.5. The lowest BCUT2D eigenvalue weighted by molar-refractivity contribution is 1.18. The van der Waals surface area contributed by atoms with Crippen LogP contribution >= 0.6 is 11.3 Å². The van der Waals surface area contributed by atoms with Crippen molar-refractivity contribution >= 4 is 75.1 Å². The molecule has 46 heavy (non-hydrogen) atoms. The molecular weight excluding hydrogens is 579 g/mol. The summed E-state index contributed by atoms with van der Waals surface area (Å²) < 4.78 is 4.92. The summed E-state index contributed by atoms with van der Waals surface area (Å²) in [6, 6.07) is 54.1. The van der Waals surface area contributed by atoms with E-state index >= 15 is 0 Å². The van der Waals surface area contributed by atoms with Crippen LogP contribution in [0.4, 0.5) is 0 Å². The molecule has 3 heterocycles. The third-order valence-electron chi connectivity index (χ3n) is 9.17. The van der Waals surface area contributed by atoms with E-state index in [1.54, 1.807) is 0 Å². The molecule has 3 nitrogen and oxygen atoms in total. The van der Waals surface area contributed by atoms with E-state index in [1.807, 2.05) is 29.5 Å². The first-order valence-corrected chi connectivity index (χ1v) is 16.3. The summed E-state index contributed by atoms with van der Waals surface area (Å²) in [6.45, 7) is 0. The Kier molecular flexibility index (Phi) is 5.45. The number of hydrogen-bond acceptors (Lipinski definition) is 3. The molecule has 0 aliphatic carbocycles. The number of aromatic nitrogens is 3. The van der Waals surface area contributed by atoms with Gasteiger partial charge in [0.25, 0.3) is 0 Å². The van der Waals surface area contributed by atoms with Crippen molar-refractivity contribution in [1.82, 2.24) is 14.5 Å². The van der Waals surface area contributed by atoms with Gasteiger partial charge >= 0.3 is 0 Å². The van der Waals surface area contributed by atoms with Gasteiger partial charge in [0, 0.05) is 47.8 Å². The third-order valence-corrected chi connectivity index (χ3v) is 10.3. The zero-order valence-corrected chi connectivity index (χ0v) is 25.5. The standard InChI is InChI=1S/C42H25N3S/c1-2-11-28-25-37-33(24-27(28)10-1)30-12-3-7-17-36(30)45(37)29-22-20-26(21-23-29)41-42(44-35-16-6-5-15-34(35)43-41)32-14-9-19-39-40(32)31-13-4-8-18-38(31)46-39/h1-25H. The smallest absolute Gasteiger partial charge is 0.0979 e. The Hall–Kier alpha value is -5.84. The highest BCUT2D eigenvalue weighted by atomic mass is 32.1. The van der Waals surface area contributed by atoms with E-state index < -0.39 is 0 Å². The molecule has 4 heteroatoms. The fraction of sp³-hybridized carbons (Fsp3) is 0. The Bertz CT molecular complexity index is 2810. The molecule has 0 aliphatic rings. The van der Waals surface area contributed by atoms with Gasteiger partial charge in [-0.15, -0.1) is 11.3 Å². The normalized spacial score (nSPS) is 11.9. The number of para-hydroxylation sites is 3. The zero-order chi connectivity index (χ0) is 30.2. The van der Waals surface area contributed by atoms with Crippen LogP contribution in [-0.4, -0.2) is 14.5 Å². The van der Waals surface area contributed by atoms with Crippen LogP contribution in [0, 0.1) is 0 Å². The number of rotatable bonds is 3. The quantitative estimate of drug-likeness (QED) is 0.201. The lowest BCUT2D eigenvalue weighted by Gasteiger charge is -2.13. The fourth-order valence-electron chi connectivity index (χ4n) is 7.06. The molecule has 0 bridgehead atoms. The van der Waals surface area contributed by atoms with Crippen molar-refractivity contribution in [3.63, 3.8) is 0 Å². The van der Waals surface area contributed by atoms with E-state index in [0.29, 0.717) is 0 Å². The van der Waals surface area contributed by atoms with E-state index in [2.05, 4.69) is 138 Å². The molecule has 10 aromatic rings. The molecule has 214 valence electrons. The molecule has 0 amide bonds. The predicted octanol–water partition coefficient (Wildman–Crippen LogP) is 11.6. The Morgan fingerprint density at radius 2 is 1.11 bits per heavy atom. The monoisotopic (exact) mass is 603 g/mol. The zero-order valence-electron chi connectivity index (χ0n) is 24.7. The summed E-state index contributed by atoms with van der Waals surface area (Å²) >= 11 is 1.83. The molecule has 0 atom stereocenters. The average molecular weight is 604 g/mol. The molecule has 0 spiro atoms. The fourth-order valence-corrected chi connectivity index (χ4v) is 8.19. The first kappa shape index (κ1) is 25.5. The second-order valence-electron chi connectivity index (χ2n) is 11.8. The second kappa shape index (κ2) is 9.83. The number of fused-ring (bicyclic) bond motifs is 8. The maximum atomic E-state index is 5.28. The van der Waals surface area contributed by atoms with Gasteiger partial charge in [0.2, 0.25) is 0 Å². The van der Waals surface area contributed by atoms with Gasteiger partial charge in [0.15, 0.2) is 0 Å². The van der Waals surface area contributed by atoms with Gasteiger partial charge < -0.3 is 4.57 Å². The molecule has 0 fully saturated rings. The van der Waals surface area contributed by atoms with Gasteiger partial charge in [0.05, 0.1) is 33.5 Å². The second-order valence-corrected chi connectivity index (χ2v) is 12.9. The first-order valence-electron chi connectivity index (χ1n) is 15.5. The van der Waals surface area contributed by atoms with Crippen molar-refractivity contribution in [1.29, 1.82) is 0 Å². The molecule has 0 N–H and O–H groups in total. The molecule has 0 aliphatic heterocycles. The minimum atomic E-state index is 0.890.